The lowest BCUT2D eigenvalue weighted by atomic mass is 10.0. The molecule has 1 nitrogen and oxygen atoms in total. The van der Waals surface area contributed by atoms with Gasteiger partial charge < -0.3 is 4.74 Å². The SMILES string of the molecule is CC1CC1C(Br)c1cc(Cl)cc2c1OCC2. The lowest BCUT2D eigenvalue weighted by Gasteiger charge is -2.14. The number of hydrogen-bond donors (Lipinski definition) is 0. The fourth-order valence-electron chi connectivity index (χ4n) is 2.49. The first-order valence-corrected chi connectivity index (χ1v) is 7.05. The minimum atomic E-state index is 0.396. The van der Waals surface area contributed by atoms with E-state index in [0.717, 1.165) is 35.6 Å². The van der Waals surface area contributed by atoms with Gasteiger partial charge in [0.25, 0.3) is 0 Å². The highest BCUT2D eigenvalue weighted by Crippen LogP contribution is 2.54. The second-order valence-corrected chi connectivity index (χ2v) is 6.28. The van der Waals surface area contributed by atoms with Crippen LogP contribution in [0, 0.1) is 11.8 Å². The first kappa shape index (κ1) is 10.9. The van der Waals surface area contributed by atoms with Crippen molar-refractivity contribution in [1.82, 2.24) is 0 Å². The fourth-order valence-corrected chi connectivity index (χ4v) is 3.82. The molecule has 3 unspecified atom stereocenters. The van der Waals surface area contributed by atoms with Crippen LogP contribution in [0.25, 0.3) is 0 Å². The Morgan fingerprint density at radius 3 is 2.94 bits per heavy atom. The topological polar surface area (TPSA) is 9.23 Å². The van der Waals surface area contributed by atoms with Gasteiger partial charge in [-0.2, -0.15) is 0 Å². The first-order valence-electron chi connectivity index (χ1n) is 5.76. The van der Waals surface area contributed by atoms with Crippen LogP contribution >= 0.6 is 27.5 Å². The molecule has 0 amide bonds. The standard InChI is InChI=1S/C13H14BrClO/c1-7-4-10(7)12(14)11-6-9(15)5-8-2-3-16-13(8)11/h5-7,10,12H,2-4H2,1H3. The monoisotopic (exact) mass is 300 g/mol. The molecule has 1 fully saturated rings. The molecule has 2 aliphatic rings. The van der Waals surface area contributed by atoms with Crippen molar-refractivity contribution in [3.63, 3.8) is 0 Å². The Morgan fingerprint density at radius 2 is 2.25 bits per heavy atom. The zero-order chi connectivity index (χ0) is 11.3. The number of halogens is 2. The Bertz CT molecular complexity index is 432. The quantitative estimate of drug-likeness (QED) is 0.737. The molecule has 1 aromatic rings. The number of alkyl halides is 1. The number of hydrogen-bond acceptors (Lipinski definition) is 1. The van der Waals surface area contributed by atoms with Crippen molar-refractivity contribution in [1.29, 1.82) is 0 Å². The van der Waals surface area contributed by atoms with E-state index < -0.39 is 0 Å². The predicted molar refractivity (Wildman–Crippen MR) is 69.6 cm³/mol. The summed E-state index contributed by atoms with van der Waals surface area (Å²) in [5.41, 5.74) is 2.51. The summed E-state index contributed by atoms with van der Waals surface area (Å²) in [5.74, 6) is 2.64. The van der Waals surface area contributed by atoms with Gasteiger partial charge in [-0.25, -0.2) is 0 Å². The van der Waals surface area contributed by atoms with Crippen molar-refractivity contribution in [3.05, 3.63) is 28.3 Å². The molecule has 0 N–H and O–H groups in total. The minimum absolute atomic E-state index is 0.396. The molecule has 1 heterocycles. The summed E-state index contributed by atoms with van der Waals surface area (Å²) in [5, 5.41) is 0.831. The summed E-state index contributed by atoms with van der Waals surface area (Å²) in [6.45, 7) is 3.09. The van der Waals surface area contributed by atoms with Gasteiger partial charge in [0.2, 0.25) is 0 Å². The highest BCUT2D eigenvalue weighted by molar-refractivity contribution is 9.09. The van der Waals surface area contributed by atoms with E-state index in [-0.39, 0.29) is 0 Å². The Morgan fingerprint density at radius 1 is 1.50 bits per heavy atom. The molecular formula is C13H14BrClO. The van der Waals surface area contributed by atoms with Gasteiger partial charge in [-0.3, -0.25) is 0 Å². The van der Waals surface area contributed by atoms with Crippen molar-refractivity contribution in [2.75, 3.05) is 6.61 Å². The van der Waals surface area contributed by atoms with Crippen LogP contribution in [0.4, 0.5) is 0 Å². The van der Waals surface area contributed by atoms with Crippen LogP contribution in [0.2, 0.25) is 5.02 Å². The van der Waals surface area contributed by atoms with E-state index in [1.165, 1.54) is 17.5 Å². The third-order valence-electron chi connectivity index (χ3n) is 3.62. The highest BCUT2D eigenvalue weighted by atomic mass is 79.9. The number of benzene rings is 1. The summed E-state index contributed by atoms with van der Waals surface area (Å²) in [7, 11) is 0. The van der Waals surface area contributed by atoms with Gasteiger partial charge in [-0.05, 0) is 36.0 Å². The third kappa shape index (κ3) is 1.76. The molecule has 1 aromatic carbocycles. The van der Waals surface area contributed by atoms with Crippen LogP contribution in [0.1, 0.15) is 29.3 Å². The van der Waals surface area contributed by atoms with Gasteiger partial charge in [0, 0.05) is 21.8 Å². The molecule has 0 radical (unpaired) electrons. The molecule has 1 saturated carbocycles. The molecule has 3 heteroatoms. The van der Waals surface area contributed by atoms with Crippen LogP contribution in [0.3, 0.4) is 0 Å². The molecule has 1 aliphatic heterocycles. The molecule has 0 bridgehead atoms. The Hall–Kier alpha value is -0.210. The zero-order valence-electron chi connectivity index (χ0n) is 9.17. The van der Waals surface area contributed by atoms with Gasteiger partial charge in [0.1, 0.15) is 5.75 Å². The second-order valence-electron chi connectivity index (χ2n) is 4.86. The second kappa shape index (κ2) is 3.92. The smallest absolute Gasteiger partial charge is 0.127 e. The van der Waals surface area contributed by atoms with Crippen LogP contribution < -0.4 is 4.74 Å². The molecule has 3 rings (SSSR count). The maximum atomic E-state index is 6.16. The molecule has 86 valence electrons. The maximum Gasteiger partial charge on any atom is 0.127 e. The van der Waals surface area contributed by atoms with Crippen molar-refractivity contribution in [2.24, 2.45) is 11.8 Å². The summed E-state index contributed by atoms with van der Waals surface area (Å²) in [6.07, 6.45) is 2.29. The molecule has 1 aliphatic carbocycles. The van der Waals surface area contributed by atoms with Crippen molar-refractivity contribution < 1.29 is 4.74 Å². The highest BCUT2D eigenvalue weighted by Gasteiger charge is 2.40. The van der Waals surface area contributed by atoms with Crippen LogP contribution in [-0.4, -0.2) is 6.61 Å². The van der Waals surface area contributed by atoms with Gasteiger partial charge in [0.05, 0.1) is 6.61 Å². The van der Waals surface area contributed by atoms with E-state index in [2.05, 4.69) is 28.9 Å². The van der Waals surface area contributed by atoms with E-state index >= 15 is 0 Å². The number of rotatable bonds is 2. The average molecular weight is 302 g/mol. The minimum Gasteiger partial charge on any atom is -0.493 e. The summed E-state index contributed by atoms with van der Waals surface area (Å²) < 4.78 is 5.73. The lowest BCUT2D eigenvalue weighted by Crippen LogP contribution is -1.98. The Kier molecular flexibility index (Phi) is 2.67. The molecule has 3 atom stereocenters. The predicted octanol–water partition coefficient (Wildman–Crippen LogP) is 4.37. The molecule has 16 heavy (non-hydrogen) atoms. The van der Waals surface area contributed by atoms with E-state index in [1.54, 1.807) is 0 Å². The third-order valence-corrected chi connectivity index (χ3v) is 5.01. The van der Waals surface area contributed by atoms with Crippen molar-refractivity contribution >= 4 is 27.5 Å². The van der Waals surface area contributed by atoms with E-state index in [1.807, 2.05) is 6.07 Å². The normalized spacial score (nSPS) is 28.4. The van der Waals surface area contributed by atoms with Gasteiger partial charge in [0.15, 0.2) is 0 Å². The summed E-state index contributed by atoms with van der Waals surface area (Å²) in [6, 6.07) is 4.08. The van der Waals surface area contributed by atoms with Crippen LogP contribution in [-0.2, 0) is 6.42 Å². The van der Waals surface area contributed by atoms with Crippen molar-refractivity contribution in [2.45, 2.75) is 24.6 Å². The van der Waals surface area contributed by atoms with E-state index in [4.69, 9.17) is 16.3 Å². The van der Waals surface area contributed by atoms with Crippen LogP contribution in [0.5, 0.6) is 5.75 Å². The maximum absolute atomic E-state index is 6.16. The molecule has 0 saturated heterocycles. The number of ether oxygens (including phenoxy) is 1. The lowest BCUT2D eigenvalue weighted by molar-refractivity contribution is 0.352. The molecule has 0 spiro atoms. The largest absolute Gasteiger partial charge is 0.493 e. The fraction of sp³-hybridized carbons (Fsp3) is 0.538. The molecule has 0 aromatic heterocycles. The molecular weight excluding hydrogens is 287 g/mol. The summed E-state index contributed by atoms with van der Waals surface area (Å²) in [4.78, 5) is 0.396. The van der Waals surface area contributed by atoms with E-state index in [9.17, 15) is 0 Å². The Labute approximate surface area is 109 Å². The first-order chi connectivity index (χ1) is 7.66. The average Bonchev–Trinajstić information content (AvgIpc) is 2.78. The Balaban J connectivity index is 1.99. The number of fused-ring (bicyclic) bond motifs is 1. The van der Waals surface area contributed by atoms with Gasteiger partial charge >= 0.3 is 0 Å². The van der Waals surface area contributed by atoms with Crippen molar-refractivity contribution in [3.8, 4) is 5.75 Å². The van der Waals surface area contributed by atoms with Crippen LogP contribution in [0.15, 0.2) is 12.1 Å². The van der Waals surface area contributed by atoms with Gasteiger partial charge in [-0.15, -0.1) is 0 Å². The zero-order valence-corrected chi connectivity index (χ0v) is 11.5. The van der Waals surface area contributed by atoms with E-state index in [0.29, 0.717) is 4.83 Å². The summed E-state index contributed by atoms with van der Waals surface area (Å²) >= 11 is 9.96. The van der Waals surface area contributed by atoms with Gasteiger partial charge in [-0.1, -0.05) is 34.5 Å².